The number of amides is 1. The minimum atomic E-state index is -0.806. The van der Waals surface area contributed by atoms with E-state index in [0.717, 1.165) is 0 Å². The highest BCUT2D eigenvalue weighted by molar-refractivity contribution is 5.93. The Bertz CT molecular complexity index is 483. The molecule has 18 heavy (non-hydrogen) atoms. The van der Waals surface area contributed by atoms with Gasteiger partial charge in [0.05, 0.1) is 12.5 Å². The SMILES string of the molecule is COC(=O)CNC(=O)C1(c2ccccc2F)CC1. The molecule has 0 heterocycles. The van der Waals surface area contributed by atoms with E-state index in [-0.39, 0.29) is 18.3 Å². The van der Waals surface area contributed by atoms with Gasteiger partial charge in [0.15, 0.2) is 0 Å². The van der Waals surface area contributed by atoms with E-state index in [1.165, 1.54) is 13.2 Å². The molecule has 0 radical (unpaired) electrons. The minimum Gasteiger partial charge on any atom is -0.468 e. The number of ether oxygens (including phenoxy) is 1. The average molecular weight is 251 g/mol. The molecule has 1 N–H and O–H groups in total. The summed E-state index contributed by atoms with van der Waals surface area (Å²) in [5.74, 6) is -1.23. The lowest BCUT2D eigenvalue weighted by molar-refractivity contribution is -0.141. The van der Waals surface area contributed by atoms with Crippen molar-refractivity contribution in [2.24, 2.45) is 0 Å². The Morgan fingerprint density at radius 1 is 1.39 bits per heavy atom. The molecule has 1 saturated carbocycles. The van der Waals surface area contributed by atoms with Gasteiger partial charge in [0.25, 0.3) is 0 Å². The highest BCUT2D eigenvalue weighted by Gasteiger charge is 2.52. The molecule has 96 valence electrons. The van der Waals surface area contributed by atoms with Crippen LogP contribution in [0.2, 0.25) is 0 Å². The van der Waals surface area contributed by atoms with Crippen LogP contribution in [0.5, 0.6) is 0 Å². The standard InChI is InChI=1S/C13H14FNO3/c1-18-11(16)8-15-12(17)13(6-7-13)9-4-2-3-5-10(9)14/h2-5H,6-8H2,1H3,(H,15,17). The van der Waals surface area contributed by atoms with Gasteiger partial charge in [-0.05, 0) is 18.9 Å². The number of benzene rings is 1. The van der Waals surface area contributed by atoms with Crippen LogP contribution < -0.4 is 5.32 Å². The van der Waals surface area contributed by atoms with Gasteiger partial charge in [0.1, 0.15) is 12.4 Å². The van der Waals surface area contributed by atoms with Gasteiger partial charge in [-0.25, -0.2) is 4.39 Å². The van der Waals surface area contributed by atoms with Gasteiger partial charge in [0.2, 0.25) is 5.91 Å². The largest absolute Gasteiger partial charge is 0.468 e. The second-order valence-electron chi connectivity index (χ2n) is 4.32. The predicted molar refractivity (Wildman–Crippen MR) is 62.3 cm³/mol. The molecule has 1 aliphatic carbocycles. The molecule has 1 aromatic carbocycles. The summed E-state index contributed by atoms with van der Waals surface area (Å²) >= 11 is 0. The molecule has 5 heteroatoms. The van der Waals surface area contributed by atoms with Crippen LogP contribution in [-0.4, -0.2) is 25.5 Å². The number of hydrogen-bond donors (Lipinski definition) is 1. The zero-order chi connectivity index (χ0) is 13.2. The molecule has 1 fully saturated rings. The average Bonchev–Trinajstić information content (AvgIpc) is 3.17. The maximum Gasteiger partial charge on any atom is 0.325 e. The summed E-state index contributed by atoms with van der Waals surface area (Å²) < 4.78 is 18.1. The summed E-state index contributed by atoms with van der Waals surface area (Å²) in [6.07, 6.45) is 1.20. The number of rotatable bonds is 4. The maximum absolute atomic E-state index is 13.7. The summed E-state index contributed by atoms with van der Waals surface area (Å²) in [6.45, 7) is -0.189. The monoisotopic (exact) mass is 251 g/mol. The molecule has 0 bridgehead atoms. The van der Waals surface area contributed by atoms with Gasteiger partial charge < -0.3 is 10.1 Å². The van der Waals surface area contributed by atoms with Crippen molar-refractivity contribution in [2.75, 3.05) is 13.7 Å². The Balaban J connectivity index is 2.10. The molecule has 0 unspecified atom stereocenters. The van der Waals surface area contributed by atoms with Crippen molar-refractivity contribution in [1.29, 1.82) is 0 Å². The zero-order valence-corrected chi connectivity index (χ0v) is 10.0. The lowest BCUT2D eigenvalue weighted by atomic mass is 9.94. The first kappa shape index (κ1) is 12.5. The molecular formula is C13H14FNO3. The fourth-order valence-electron chi connectivity index (χ4n) is 1.99. The summed E-state index contributed by atoms with van der Waals surface area (Å²) in [4.78, 5) is 23.0. The third-order valence-corrected chi connectivity index (χ3v) is 3.20. The van der Waals surface area contributed by atoms with Gasteiger partial charge >= 0.3 is 5.97 Å². The number of carbonyl (C=O) groups is 2. The van der Waals surface area contributed by atoms with Gasteiger partial charge in [0, 0.05) is 5.56 Å². The normalized spacial score (nSPS) is 15.9. The number of halogens is 1. The van der Waals surface area contributed by atoms with Crippen molar-refractivity contribution < 1.29 is 18.7 Å². The van der Waals surface area contributed by atoms with Crippen LogP contribution in [0.25, 0.3) is 0 Å². The molecule has 2 rings (SSSR count). The van der Waals surface area contributed by atoms with Gasteiger partial charge in [-0.1, -0.05) is 18.2 Å². The van der Waals surface area contributed by atoms with Gasteiger partial charge in [-0.3, -0.25) is 9.59 Å². The Labute approximate surface area is 104 Å². The third-order valence-electron chi connectivity index (χ3n) is 3.20. The van der Waals surface area contributed by atoms with E-state index in [0.29, 0.717) is 18.4 Å². The van der Waals surface area contributed by atoms with Crippen LogP contribution in [0.3, 0.4) is 0 Å². The van der Waals surface area contributed by atoms with Crippen LogP contribution in [-0.2, 0) is 19.7 Å². The lowest BCUT2D eigenvalue weighted by Crippen LogP contribution is -2.38. The summed E-state index contributed by atoms with van der Waals surface area (Å²) in [5.41, 5.74) is -0.410. The van der Waals surface area contributed by atoms with Crippen molar-refractivity contribution in [3.8, 4) is 0 Å². The van der Waals surface area contributed by atoms with E-state index in [1.54, 1.807) is 18.2 Å². The molecule has 4 nitrogen and oxygen atoms in total. The van der Waals surface area contributed by atoms with E-state index in [4.69, 9.17) is 0 Å². The number of nitrogens with one attached hydrogen (secondary N) is 1. The highest BCUT2D eigenvalue weighted by atomic mass is 19.1. The fourth-order valence-corrected chi connectivity index (χ4v) is 1.99. The number of carbonyl (C=O) groups excluding carboxylic acids is 2. The van der Waals surface area contributed by atoms with Crippen molar-refractivity contribution in [3.05, 3.63) is 35.6 Å². The quantitative estimate of drug-likeness (QED) is 0.817. The molecule has 1 amide bonds. The van der Waals surface area contributed by atoms with Gasteiger partial charge in [-0.2, -0.15) is 0 Å². The highest BCUT2D eigenvalue weighted by Crippen LogP contribution is 2.49. The molecule has 1 aliphatic rings. The first-order chi connectivity index (χ1) is 8.60. The second-order valence-corrected chi connectivity index (χ2v) is 4.32. The molecular weight excluding hydrogens is 237 g/mol. The summed E-state index contributed by atoms with van der Waals surface area (Å²) in [6, 6.07) is 6.23. The van der Waals surface area contributed by atoms with E-state index in [2.05, 4.69) is 10.1 Å². The van der Waals surface area contributed by atoms with E-state index in [9.17, 15) is 14.0 Å². The van der Waals surface area contributed by atoms with Crippen molar-refractivity contribution in [2.45, 2.75) is 18.3 Å². The molecule has 0 spiro atoms. The number of esters is 1. The lowest BCUT2D eigenvalue weighted by Gasteiger charge is -2.15. The minimum absolute atomic E-state index is 0.189. The van der Waals surface area contributed by atoms with Gasteiger partial charge in [-0.15, -0.1) is 0 Å². The number of methoxy groups -OCH3 is 1. The summed E-state index contributed by atoms with van der Waals surface area (Å²) in [7, 11) is 1.25. The Kier molecular flexibility index (Phi) is 3.32. The molecule has 0 saturated heterocycles. The number of hydrogen-bond acceptors (Lipinski definition) is 3. The fraction of sp³-hybridized carbons (Fsp3) is 0.385. The molecule has 0 aliphatic heterocycles. The van der Waals surface area contributed by atoms with E-state index >= 15 is 0 Å². The predicted octanol–water partition coefficient (Wildman–Crippen LogP) is 1.15. The second kappa shape index (κ2) is 4.76. The first-order valence-electron chi connectivity index (χ1n) is 5.70. The first-order valence-corrected chi connectivity index (χ1v) is 5.70. The van der Waals surface area contributed by atoms with Crippen molar-refractivity contribution in [3.63, 3.8) is 0 Å². The van der Waals surface area contributed by atoms with E-state index in [1.807, 2.05) is 0 Å². The molecule has 0 atom stereocenters. The zero-order valence-electron chi connectivity index (χ0n) is 10.0. The topological polar surface area (TPSA) is 55.4 Å². The Hall–Kier alpha value is -1.91. The van der Waals surface area contributed by atoms with Crippen LogP contribution >= 0.6 is 0 Å². The third kappa shape index (κ3) is 2.20. The Morgan fingerprint density at radius 3 is 2.61 bits per heavy atom. The van der Waals surface area contributed by atoms with Crippen LogP contribution in [0.4, 0.5) is 4.39 Å². The smallest absolute Gasteiger partial charge is 0.325 e. The molecule has 1 aromatic rings. The van der Waals surface area contributed by atoms with Crippen molar-refractivity contribution in [1.82, 2.24) is 5.32 Å². The van der Waals surface area contributed by atoms with E-state index < -0.39 is 11.4 Å². The van der Waals surface area contributed by atoms with Crippen LogP contribution in [0.15, 0.2) is 24.3 Å². The molecule has 0 aromatic heterocycles. The van der Waals surface area contributed by atoms with Crippen LogP contribution in [0.1, 0.15) is 18.4 Å². The van der Waals surface area contributed by atoms with Crippen molar-refractivity contribution >= 4 is 11.9 Å². The maximum atomic E-state index is 13.7. The summed E-state index contributed by atoms with van der Waals surface area (Å²) in [5, 5.41) is 2.48. The van der Waals surface area contributed by atoms with Crippen LogP contribution in [0, 0.1) is 5.82 Å². The Morgan fingerprint density at radius 2 is 2.06 bits per heavy atom.